The van der Waals surface area contributed by atoms with Crippen molar-refractivity contribution in [1.29, 1.82) is 0 Å². The molecule has 0 bridgehead atoms. The Kier molecular flexibility index (Phi) is 5.49. The van der Waals surface area contributed by atoms with Crippen LogP contribution >= 0.6 is 11.6 Å². The van der Waals surface area contributed by atoms with Crippen LogP contribution in [0.5, 0.6) is 5.75 Å². The van der Waals surface area contributed by atoms with Crippen LogP contribution in [0.25, 0.3) is 0 Å². The first-order valence-electron chi connectivity index (χ1n) is 6.69. The largest absolute Gasteiger partial charge is 0.484 e. The zero-order valence-corrected chi connectivity index (χ0v) is 13.1. The fraction of sp³-hybridized carbons (Fsp3) is 0.188. The Bertz CT molecular complexity index is 664. The number of pyridine rings is 1. The lowest BCUT2D eigenvalue weighted by Crippen LogP contribution is -2.24. The van der Waals surface area contributed by atoms with Crippen molar-refractivity contribution in [3.05, 3.63) is 58.4 Å². The number of nitrogens with zero attached hydrogens (tertiary/aromatic N) is 2. The molecular weight excluding hydrogens is 302 g/mol. The minimum atomic E-state index is -0.350. The lowest BCUT2D eigenvalue weighted by atomic mass is 10.1. The molecule has 1 aromatic heterocycles. The number of hydrogen-bond donors (Lipinski definition) is 1. The number of carbonyl (C=O) groups is 1. The molecule has 0 fully saturated rings. The highest BCUT2D eigenvalue weighted by molar-refractivity contribution is 6.32. The minimum absolute atomic E-state index is 0.125. The molecule has 1 N–H and O–H groups in total. The highest BCUT2D eigenvalue weighted by Gasteiger charge is 2.06. The van der Waals surface area contributed by atoms with Gasteiger partial charge < -0.3 is 4.74 Å². The van der Waals surface area contributed by atoms with E-state index >= 15 is 0 Å². The van der Waals surface area contributed by atoms with Crippen molar-refractivity contribution in [3.63, 3.8) is 0 Å². The first-order chi connectivity index (χ1) is 10.6. The van der Waals surface area contributed by atoms with Crippen LogP contribution < -0.4 is 10.2 Å². The van der Waals surface area contributed by atoms with Crippen LogP contribution in [0, 0.1) is 13.8 Å². The molecule has 6 heteroatoms. The molecule has 0 radical (unpaired) electrons. The van der Waals surface area contributed by atoms with Gasteiger partial charge in [-0.1, -0.05) is 17.7 Å². The third-order valence-corrected chi connectivity index (χ3v) is 3.45. The van der Waals surface area contributed by atoms with E-state index in [0.29, 0.717) is 16.5 Å². The Balaban J connectivity index is 1.84. The van der Waals surface area contributed by atoms with Crippen molar-refractivity contribution in [2.24, 2.45) is 5.10 Å². The third-order valence-electron chi connectivity index (χ3n) is 2.85. The predicted octanol–water partition coefficient (Wildman–Crippen LogP) is 2.88. The molecule has 2 rings (SSSR count). The van der Waals surface area contributed by atoms with Gasteiger partial charge in [0.2, 0.25) is 0 Å². The number of carbonyl (C=O) groups excluding carboxylic acids is 1. The van der Waals surface area contributed by atoms with Crippen molar-refractivity contribution >= 4 is 23.7 Å². The quantitative estimate of drug-likeness (QED) is 0.681. The van der Waals surface area contributed by atoms with E-state index in [4.69, 9.17) is 16.3 Å². The first-order valence-corrected chi connectivity index (χ1v) is 7.06. The van der Waals surface area contributed by atoms with Crippen LogP contribution in [0.2, 0.25) is 5.02 Å². The standard InChI is InChI=1S/C16H16ClN3O2/c1-11-7-14(8-12(2)16(11)17)22-10-15(21)20-19-9-13-5-3-4-6-18-13/h3-9H,10H2,1-2H3,(H,20,21). The van der Waals surface area contributed by atoms with Gasteiger partial charge in [-0.25, -0.2) is 5.43 Å². The Morgan fingerprint density at radius 3 is 2.73 bits per heavy atom. The Hall–Kier alpha value is -2.40. The predicted molar refractivity (Wildman–Crippen MR) is 86.4 cm³/mol. The normalized spacial score (nSPS) is 10.7. The molecule has 0 spiro atoms. The molecule has 0 aliphatic rings. The van der Waals surface area contributed by atoms with E-state index in [1.807, 2.05) is 19.9 Å². The summed E-state index contributed by atoms with van der Waals surface area (Å²) in [5.74, 6) is 0.251. The zero-order valence-electron chi connectivity index (χ0n) is 12.3. The summed E-state index contributed by atoms with van der Waals surface area (Å²) >= 11 is 6.08. The van der Waals surface area contributed by atoms with Gasteiger partial charge in [0.1, 0.15) is 5.75 Å². The van der Waals surface area contributed by atoms with Gasteiger partial charge in [-0.3, -0.25) is 9.78 Å². The van der Waals surface area contributed by atoms with Crippen LogP contribution in [-0.2, 0) is 4.79 Å². The Morgan fingerprint density at radius 2 is 2.09 bits per heavy atom. The molecule has 0 saturated heterocycles. The van der Waals surface area contributed by atoms with Crippen molar-refractivity contribution < 1.29 is 9.53 Å². The monoisotopic (exact) mass is 317 g/mol. The van der Waals surface area contributed by atoms with E-state index in [9.17, 15) is 4.79 Å². The average molecular weight is 318 g/mol. The van der Waals surface area contributed by atoms with Gasteiger partial charge >= 0.3 is 0 Å². The Labute approximate surface area is 134 Å². The van der Waals surface area contributed by atoms with E-state index in [0.717, 1.165) is 11.1 Å². The van der Waals surface area contributed by atoms with E-state index in [2.05, 4.69) is 15.5 Å². The lowest BCUT2D eigenvalue weighted by molar-refractivity contribution is -0.123. The lowest BCUT2D eigenvalue weighted by Gasteiger charge is -2.09. The number of hydrogen-bond acceptors (Lipinski definition) is 4. The number of aromatic nitrogens is 1. The summed E-state index contributed by atoms with van der Waals surface area (Å²) in [4.78, 5) is 15.7. The maximum atomic E-state index is 11.6. The Morgan fingerprint density at radius 1 is 1.36 bits per heavy atom. The molecular formula is C16H16ClN3O2. The second kappa shape index (κ2) is 7.56. The topological polar surface area (TPSA) is 63.6 Å². The maximum Gasteiger partial charge on any atom is 0.277 e. The number of nitrogens with one attached hydrogen (secondary N) is 1. The van der Waals surface area contributed by atoms with Gasteiger partial charge in [-0.05, 0) is 49.2 Å². The van der Waals surface area contributed by atoms with Crippen LogP contribution in [0.1, 0.15) is 16.8 Å². The number of aryl methyl sites for hydroxylation is 2. The fourth-order valence-corrected chi connectivity index (χ4v) is 1.90. The summed E-state index contributed by atoms with van der Waals surface area (Å²) < 4.78 is 5.43. The molecule has 1 heterocycles. The van der Waals surface area contributed by atoms with E-state index in [1.54, 1.807) is 30.5 Å². The number of ether oxygens (including phenoxy) is 1. The second-order valence-corrected chi connectivity index (χ2v) is 5.09. The summed E-state index contributed by atoms with van der Waals surface area (Å²) in [7, 11) is 0. The molecule has 5 nitrogen and oxygen atoms in total. The van der Waals surface area contributed by atoms with E-state index in [-0.39, 0.29) is 12.5 Å². The molecule has 22 heavy (non-hydrogen) atoms. The van der Waals surface area contributed by atoms with Crippen molar-refractivity contribution in [2.75, 3.05) is 6.61 Å². The fourth-order valence-electron chi connectivity index (χ4n) is 1.79. The maximum absolute atomic E-state index is 11.6. The first kappa shape index (κ1) is 16.0. The van der Waals surface area contributed by atoms with Gasteiger partial charge in [-0.15, -0.1) is 0 Å². The van der Waals surface area contributed by atoms with Crippen molar-refractivity contribution in [3.8, 4) is 5.75 Å². The summed E-state index contributed by atoms with van der Waals surface area (Å²) in [6, 6.07) is 9.01. The third kappa shape index (κ3) is 4.56. The molecule has 0 aliphatic heterocycles. The summed E-state index contributed by atoms with van der Waals surface area (Å²) in [6.45, 7) is 3.65. The van der Waals surface area contributed by atoms with Gasteiger partial charge in [0.25, 0.3) is 5.91 Å². The number of amides is 1. The number of benzene rings is 1. The highest BCUT2D eigenvalue weighted by atomic mass is 35.5. The molecule has 0 aliphatic carbocycles. The smallest absolute Gasteiger partial charge is 0.277 e. The second-order valence-electron chi connectivity index (χ2n) is 4.71. The zero-order chi connectivity index (χ0) is 15.9. The molecule has 0 saturated carbocycles. The summed E-state index contributed by atoms with van der Waals surface area (Å²) in [6.07, 6.45) is 3.12. The molecule has 1 aromatic carbocycles. The molecule has 0 atom stereocenters. The molecule has 0 unspecified atom stereocenters. The number of hydrazone groups is 1. The van der Waals surface area contributed by atoms with Crippen LogP contribution in [0.3, 0.4) is 0 Å². The van der Waals surface area contributed by atoms with E-state index in [1.165, 1.54) is 6.21 Å². The number of halogens is 1. The summed E-state index contributed by atoms with van der Waals surface area (Å²) in [5, 5.41) is 4.52. The van der Waals surface area contributed by atoms with Gasteiger partial charge in [-0.2, -0.15) is 5.10 Å². The molecule has 2 aromatic rings. The number of rotatable bonds is 5. The van der Waals surface area contributed by atoms with Crippen LogP contribution in [0.15, 0.2) is 41.6 Å². The van der Waals surface area contributed by atoms with Gasteiger partial charge in [0.15, 0.2) is 6.61 Å². The highest BCUT2D eigenvalue weighted by Crippen LogP contribution is 2.25. The minimum Gasteiger partial charge on any atom is -0.484 e. The SMILES string of the molecule is Cc1cc(OCC(=O)NN=Cc2ccccn2)cc(C)c1Cl. The van der Waals surface area contributed by atoms with Gasteiger partial charge in [0.05, 0.1) is 11.9 Å². The van der Waals surface area contributed by atoms with E-state index < -0.39 is 0 Å². The average Bonchev–Trinajstić information content (AvgIpc) is 2.51. The summed E-state index contributed by atoms with van der Waals surface area (Å²) in [5.41, 5.74) is 4.86. The van der Waals surface area contributed by atoms with Crippen LogP contribution in [-0.4, -0.2) is 23.7 Å². The van der Waals surface area contributed by atoms with Crippen molar-refractivity contribution in [2.45, 2.75) is 13.8 Å². The van der Waals surface area contributed by atoms with Gasteiger partial charge in [0, 0.05) is 11.2 Å². The molecule has 1 amide bonds. The molecule has 114 valence electrons. The van der Waals surface area contributed by atoms with Crippen LogP contribution in [0.4, 0.5) is 0 Å². The van der Waals surface area contributed by atoms with Crippen molar-refractivity contribution in [1.82, 2.24) is 10.4 Å².